The standard InChI is InChI=1S/C23H30FN3O6S/c1-31-21-9-8-20(16-22(21)32-2)34(29,30)27(19-6-4-18(24)5-7-19)17-23(28)25-10-3-11-26-12-14-33-15-13-26/h4-9,16H,3,10-15,17H2,1-2H3,(H,25,28). The molecular weight excluding hydrogens is 465 g/mol. The molecule has 0 atom stereocenters. The molecule has 0 bridgehead atoms. The molecule has 0 radical (unpaired) electrons. The summed E-state index contributed by atoms with van der Waals surface area (Å²) in [5.74, 6) is -0.377. The number of morpholine rings is 1. The lowest BCUT2D eigenvalue weighted by atomic mass is 10.3. The molecule has 0 spiro atoms. The predicted octanol–water partition coefficient (Wildman–Crippen LogP) is 1.88. The van der Waals surface area contributed by atoms with Crippen molar-refractivity contribution in [1.82, 2.24) is 10.2 Å². The average molecular weight is 496 g/mol. The van der Waals surface area contributed by atoms with Crippen LogP contribution in [0.3, 0.4) is 0 Å². The van der Waals surface area contributed by atoms with Crippen LogP contribution >= 0.6 is 0 Å². The molecule has 0 aliphatic carbocycles. The van der Waals surface area contributed by atoms with Gasteiger partial charge in [0.25, 0.3) is 10.0 Å². The van der Waals surface area contributed by atoms with Gasteiger partial charge in [0, 0.05) is 25.7 Å². The van der Waals surface area contributed by atoms with Crippen LogP contribution in [0, 0.1) is 5.82 Å². The van der Waals surface area contributed by atoms with Crippen LogP contribution in [-0.2, 0) is 19.6 Å². The number of carbonyl (C=O) groups excluding carboxylic acids is 1. The Morgan fingerprint density at radius 1 is 1.09 bits per heavy atom. The van der Waals surface area contributed by atoms with E-state index in [0.29, 0.717) is 25.5 Å². The van der Waals surface area contributed by atoms with Gasteiger partial charge < -0.3 is 19.5 Å². The third kappa shape index (κ3) is 6.58. The van der Waals surface area contributed by atoms with Crippen molar-refractivity contribution in [2.45, 2.75) is 11.3 Å². The fraction of sp³-hybridized carbons (Fsp3) is 0.435. The molecule has 3 rings (SSSR count). The van der Waals surface area contributed by atoms with Gasteiger partial charge in [-0.2, -0.15) is 0 Å². The van der Waals surface area contributed by atoms with Crippen molar-refractivity contribution < 1.29 is 31.8 Å². The summed E-state index contributed by atoms with van der Waals surface area (Å²) in [4.78, 5) is 14.8. The van der Waals surface area contributed by atoms with E-state index < -0.39 is 28.3 Å². The fourth-order valence-corrected chi connectivity index (χ4v) is 5.01. The van der Waals surface area contributed by atoms with Crippen molar-refractivity contribution in [2.75, 3.05) is 64.5 Å². The quantitative estimate of drug-likeness (QED) is 0.476. The van der Waals surface area contributed by atoms with E-state index in [1.807, 2.05) is 0 Å². The molecule has 9 nitrogen and oxygen atoms in total. The van der Waals surface area contributed by atoms with Crippen LogP contribution in [0.4, 0.5) is 10.1 Å². The molecule has 1 fully saturated rings. The van der Waals surface area contributed by atoms with E-state index in [1.165, 1.54) is 44.6 Å². The fourth-order valence-electron chi connectivity index (χ4n) is 3.57. The lowest BCUT2D eigenvalue weighted by molar-refractivity contribution is -0.119. The summed E-state index contributed by atoms with van der Waals surface area (Å²) >= 11 is 0. The Balaban J connectivity index is 1.74. The number of ether oxygens (including phenoxy) is 3. The number of methoxy groups -OCH3 is 2. The molecule has 1 aliphatic rings. The Bertz CT molecular complexity index is 1060. The number of rotatable bonds is 11. The van der Waals surface area contributed by atoms with Gasteiger partial charge in [0.05, 0.1) is 38.0 Å². The molecule has 0 unspecified atom stereocenters. The van der Waals surface area contributed by atoms with Gasteiger partial charge in [0.1, 0.15) is 12.4 Å². The summed E-state index contributed by atoms with van der Waals surface area (Å²) in [6.45, 7) is 3.88. The molecule has 2 aromatic rings. The minimum absolute atomic E-state index is 0.0883. The summed E-state index contributed by atoms with van der Waals surface area (Å²) in [6.07, 6.45) is 0.727. The van der Waals surface area contributed by atoms with Crippen LogP contribution in [0.2, 0.25) is 0 Å². The molecule has 0 aromatic heterocycles. The predicted molar refractivity (Wildman–Crippen MR) is 125 cm³/mol. The molecule has 1 aliphatic heterocycles. The Labute approximate surface area is 199 Å². The first-order valence-electron chi connectivity index (χ1n) is 10.9. The maximum atomic E-state index is 13.5. The Morgan fingerprint density at radius 3 is 2.41 bits per heavy atom. The lowest BCUT2D eigenvalue weighted by Crippen LogP contribution is -2.42. The highest BCUT2D eigenvalue weighted by molar-refractivity contribution is 7.92. The molecule has 34 heavy (non-hydrogen) atoms. The zero-order valence-electron chi connectivity index (χ0n) is 19.3. The van der Waals surface area contributed by atoms with Gasteiger partial charge >= 0.3 is 0 Å². The number of halogens is 1. The van der Waals surface area contributed by atoms with Crippen molar-refractivity contribution in [2.24, 2.45) is 0 Å². The smallest absolute Gasteiger partial charge is 0.264 e. The van der Waals surface area contributed by atoms with Gasteiger partial charge in [-0.15, -0.1) is 0 Å². The SMILES string of the molecule is COc1ccc(S(=O)(=O)N(CC(=O)NCCCN2CCOCC2)c2ccc(F)cc2)cc1OC. The Morgan fingerprint density at radius 2 is 1.76 bits per heavy atom. The van der Waals surface area contributed by atoms with Crippen molar-refractivity contribution in [3.05, 3.63) is 48.3 Å². The minimum atomic E-state index is -4.17. The molecule has 186 valence electrons. The van der Waals surface area contributed by atoms with Crippen molar-refractivity contribution in [3.63, 3.8) is 0 Å². The molecule has 2 aromatic carbocycles. The number of nitrogens with zero attached hydrogens (tertiary/aromatic N) is 2. The maximum Gasteiger partial charge on any atom is 0.264 e. The highest BCUT2D eigenvalue weighted by Gasteiger charge is 2.28. The van der Waals surface area contributed by atoms with Gasteiger partial charge in [-0.25, -0.2) is 12.8 Å². The van der Waals surface area contributed by atoms with Crippen LogP contribution in [0.25, 0.3) is 0 Å². The molecule has 11 heteroatoms. The number of hydrogen-bond donors (Lipinski definition) is 1. The molecule has 1 amide bonds. The number of amides is 1. The molecule has 1 heterocycles. The molecule has 1 saturated heterocycles. The number of hydrogen-bond acceptors (Lipinski definition) is 7. The van der Waals surface area contributed by atoms with Crippen molar-refractivity contribution >= 4 is 21.6 Å². The van der Waals surface area contributed by atoms with Crippen LogP contribution < -0.4 is 19.1 Å². The van der Waals surface area contributed by atoms with Gasteiger partial charge in [0.15, 0.2) is 11.5 Å². The summed E-state index contributed by atoms with van der Waals surface area (Å²) < 4.78 is 57.1. The van der Waals surface area contributed by atoms with E-state index in [-0.39, 0.29) is 16.3 Å². The first kappa shape index (κ1) is 25.7. The minimum Gasteiger partial charge on any atom is -0.493 e. The second kappa shape index (κ2) is 12.0. The number of sulfonamides is 1. The molecule has 1 N–H and O–H groups in total. The Hall–Kier alpha value is -2.89. The van der Waals surface area contributed by atoms with Crippen LogP contribution in [0.1, 0.15) is 6.42 Å². The normalized spacial score (nSPS) is 14.4. The van der Waals surface area contributed by atoms with Crippen LogP contribution in [0.5, 0.6) is 11.5 Å². The summed E-state index contributed by atoms with van der Waals surface area (Å²) in [6, 6.07) is 9.09. The number of carbonyl (C=O) groups is 1. The van der Waals surface area contributed by atoms with Crippen LogP contribution in [0.15, 0.2) is 47.4 Å². The van der Waals surface area contributed by atoms with E-state index in [9.17, 15) is 17.6 Å². The Kier molecular flexibility index (Phi) is 9.08. The second-order valence-corrected chi connectivity index (χ2v) is 9.52. The second-order valence-electron chi connectivity index (χ2n) is 7.66. The third-order valence-corrected chi connectivity index (χ3v) is 7.19. The maximum absolute atomic E-state index is 13.5. The summed E-state index contributed by atoms with van der Waals surface area (Å²) in [5, 5.41) is 2.78. The zero-order chi connectivity index (χ0) is 24.6. The van der Waals surface area contributed by atoms with Crippen molar-refractivity contribution in [1.29, 1.82) is 0 Å². The first-order valence-corrected chi connectivity index (χ1v) is 12.4. The highest BCUT2D eigenvalue weighted by Crippen LogP contribution is 2.32. The number of nitrogens with one attached hydrogen (secondary N) is 1. The number of anilines is 1. The van der Waals surface area contributed by atoms with Gasteiger partial charge in [-0.3, -0.25) is 14.0 Å². The lowest BCUT2D eigenvalue weighted by Gasteiger charge is -2.26. The zero-order valence-corrected chi connectivity index (χ0v) is 20.1. The molecular formula is C23H30FN3O6S. The van der Waals surface area contributed by atoms with Gasteiger partial charge in [-0.05, 0) is 49.4 Å². The van der Waals surface area contributed by atoms with E-state index in [2.05, 4.69) is 10.2 Å². The monoisotopic (exact) mass is 495 g/mol. The largest absolute Gasteiger partial charge is 0.493 e. The average Bonchev–Trinajstić information content (AvgIpc) is 2.86. The van der Waals surface area contributed by atoms with E-state index >= 15 is 0 Å². The van der Waals surface area contributed by atoms with E-state index in [0.717, 1.165) is 42.5 Å². The van der Waals surface area contributed by atoms with Gasteiger partial charge in [0.2, 0.25) is 5.91 Å². The van der Waals surface area contributed by atoms with E-state index in [1.54, 1.807) is 0 Å². The van der Waals surface area contributed by atoms with Crippen LogP contribution in [-0.4, -0.2) is 79.4 Å². The summed E-state index contributed by atoms with van der Waals surface area (Å²) in [7, 11) is -1.33. The van der Waals surface area contributed by atoms with E-state index in [4.69, 9.17) is 14.2 Å². The first-order chi connectivity index (χ1) is 16.3. The van der Waals surface area contributed by atoms with Crippen molar-refractivity contribution in [3.8, 4) is 11.5 Å². The summed E-state index contributed by atoms with van der Waals surface area (Å²) in [5.41, 5.74) is 0.166. The molecule has 0 saturated carbocycles. The number of benzene rings is 2. The third-order valence-electron chi connectivity index (χ3n) is 5.42. The topological polar surface area (TPSA) is 97.4 Å². The highest BCUT2D eigenvalue weighted by atomic mass is 32.2. The van der Waals surface area contributed by atoms with Gasteiger partial charge in [-0.1, -0.05) is 0 Å².